The molecule has 2 amide bonds. The summed E-state index contributed by atoms with van der Waals surface area (Å²) >= 11 is 0. The van der Waals surface area contributed by atoms with Crippen LogP contribution < -0.4 is 5.12 Å². The summed E-state index contributed by atoms with van der Waals surface area (Å²) in [5.41, 5.74) is -3.93. The van der Waals surface area contributed by atoms with Crippen LogP contribution in [0, 0.1) is 5.92 Å². The minimum absolute atomic E-state index is 0.0372. The smallest absolute Gasteiger partial charge is 0.356 e. The normalized spacial score (nSPS) is 25.0. The Kier molecular flexibility index (Phi) is 3.87. The molecule has 124 valence electrons. The van der Waals surface area contributed by atoms with Gasteiger partial charge in [0.1, 0.15) is 0 Å². The summed E-state index contributed by atoms with van der Waals surface area (Å²) in [6.07, 6.45) is -1.98. The standard InChI is InChI=1S/C15H14F4N2O2/c16-15(17,18)14(23-8-10-4-3-5-10)9-20-13(22)21(19)12-7-2-1-6-11(12)14/h1-2,6-7,9-10H,3-5,8H2. The zero-order valence-corrected chi connectivity index (χ0v) is 12.0. The lowest BCUT2D eigenvalue weighted by Crippen LogP contribution is -2.47. The van der Waals surface area contributed by atoms with Crippen LogP contribution >= 0.6 is 0 Å². The number of carbonyl (C=O) groups is 1. The van der Waals surface area contributed by atoms with Crippen LogP contribution in [0.4, 0.5) is 28.1 Å². The number of nitrogens with zero attached hydrogens (tertiary/aromatic N) is 2. The maximum Gasteiger partial charge on any atom is 0.427 e. The largest absolute Gasteiger partial charge is 0.427 e. The second kappa shape index (κ2) is 5.59. The molecule has 1 heterocycles. The fraction of sp³-hybridized carbons (Fsp3) is 0.467. The number of hydrogen-bond donors (Lipinski definition) is 0. The predicted octanol–water partition coefficient (Wildman–Crippen LogP) is 4.16. The van der Waals surface area contributed by atoms with Crippen LogP contribution in [-0.4, -0.2) is 25.0 Å². The molecular formula is C15H14F4N2O2. The molecule has 23 heavy (non-hydrogen) atoms. The highest BCUT2D eigenvalue weighted by molar-refractivity contribution is 6.00. The molecule has 4 nitrogen and oxygen atoms in total. The third-order valence-corrected chi connectivity index (χ3v) is 4.23. The van der Waals surface area contributed by atoms with Crippen molar-refractivity contribution in [2.75, 3.05) is 11.7 Å². The number of anilines is 1. The van der Waals surface area contributed by atoms with E-state index in [1.165, 1.54) is 12.1 Å². The molecule has 1 aromatic carbocycles. The van der Waals surface area contributed by atoms with Crippen LogP contribution in [0.15, 0.2) is 29.3 Å². The minimum atomic E-state index is -4.89. The predicted molar refractivity (Wildman–Crippen MR) is 74.9 cm³/mol. The summed E-state index contributed by atoms with van der Waals surface area (Å²) in [5.74, 6) is 0.0372. The van der Waals surface area contributed by atoms with Crippen molar-refractivity contribution in [2.45, 2.75) is 31.0 Å². The van der Waals surface area contributed by atoms with E-state index in [2.05, 4.69) is 4.99 Å². The first-order chi connectivity index (χ1) is 10.8. The van der Waals surface area contributed by atoms with Gasteiger partial charge in [0.25, 0.3) is 0 Å². The lowest BCUT2D eigenvalue weighted by Gasteiger charge is -2.36. The summed E-state index contributed by atoms with van der Waals surface area (Å²) in [6, 6.07) is 3.45. The number of alkyl halides is 3. The Morgan fingerprint density at radius 3 is 2.61 bits per heavy atom. The Bertz CT molecular complexity index is 643. The lowest BCUT2D eigenvalue weighted by atomic mass is 9.85. The summed E-state index contributed by atoms with van der Waals surface area (Å²) in [5, 5.41) is -0.397. The second-order valence-corrected chi connectivity index (χ2v) is 5.68. The van der Waals surface area contributed by atoms with Gasteiger partial charge in [0.2, 0.25) is 5.60 Å². The molecule has 2 aliphatic rings. The molecular weight excluding hydrogens is 316 g/mol. The van der Waals surface area contributed by atoms with Crippen LogP contribution in [-0.2, 0) is 10.3 Å². The number of aliphatic imine (C=N–C) groups is 1. The SMILES string of the molecule is O=C1N=CC(OCC2CCC2)(C(F)(F)F)c2ccccc2N1F. The highest BCUT2D eigenvalue weighted by Crippen LogP contribution is 2.47. The Morgan fingerprint density at radius 1 is 1.30 bits per heavy atom. The van der Waals surface area contributed by atoms with E-state index in [0.29, 0.717) is 6.21 Å². The first kappa shape index (κ1) is 15.9. The molecule has 0 aromatic heterocycles. The molecule has 1 fully saturated rings. The molecule has 1 atom stereocenters. The number of rotatable bonds is 3. The summed E-state index contributed by atoms with van der Waals surface area (Å²) in [4.78, 5) is 14.6. The Morgan fingerprint density at radius 2 is 2.00 bits per heavy atom. The van der Waals surface area contributed by atoms with Gasteiger partial charge in [0, 0.05) is 5.56 Å². The van der Waals surface area contributed by atoms with Gasteiger partial charge in [-0.1, -0.05) is 29.1 Å². The van der Waals surface area contributed by atoms with Crippen molar-refractivity contribution in [1.82, 2.24) is 0 Å². The Labute approximate surface area is 129 Å². The topological polar surface area (TPSA) is 41.9 Å². The fourth-order valence-corrected chi connectivity index (χ4v) is 2.66. The van der Waals surface area contributed by atoms with Crippen molar-refractivity contribution in [2.24, 2.45) is 10.9 Å². The Hall–Kier alpha value is -1.96. The average Bonchev–Trinajstić information content (AvgIpc) is 2.56. The van der Waals surface area contributed by atoms with E-state index in [9.17, 15) is 22.4 Å². The molecule has 1 aliphatic carbocycles. The first-order valence-corrected chi connectivity index (χ1v) is 7.20. The number of hydrogen-bond acceptors (Lipinski definition) is 2. The number of carbonyl (C=O) groups excluding carboxylic acids is 1. The average molecular weight is 330 g/mol. The summed E-state index contributed by atoms with van der Waals surface area (Å²) in [6.45, 7) is -0.125. The molecule has 3 rings (SSSR count). The van der Waals surface area contributed by atoms with E-state index < -0.39 is 34.2 Å². The van der Waals surface area contributed by atoms with Gasteiger partial charge >= 0.3 is 12.2 Å². The van der Waals surface area contributed by atoms with Gasteiger partial charge in [0.05, 0.1) is 18.5 Å². The van der Waals surface area contributed by atoms with Crippen molar-refractivity contribution in [3.05, 3.63) is 29.8 Å². The van der Waals surface area contributed by atoms with E-state index in [0.717, 1.165) is 31.4 Å². The molecule has 0 saturated heterocycles. The number of urea groups is 1. The molecule has 0 N–H and O–H groups in total. The van der Waals surface area contributed by atoms with Gasteiger partial charge in [-0.25, -0.2) is 9.79 Å². The van der Waals surface area contributed by atoms with Crippen molar-refractivity contribution >= 4 is 17.9 Å². The number of benzene rings is 1. The van der Waals surface area contributed by atoms with Crippen molar-refractivity contribution in [1.29, 1.82) is 0 Å². The van der Waals surface area contributed by atoms with Gasteiger partial charge in [-0.15, -0.1) is 5.12 Å². The molecule has 0 radical (unpaired) electrons. The first-order valence-electron chi connectivity index (χ1n) is 7.20. The molecule has 0 spiro atoms. The van der Waals surface area contributed by atoms with Crippen molar-refractivity contribution in [3.63, 3.8) is 0 Å². The fourth-order valence-electron chi connectivity index (χ4n) is 2.66. The zero-order chi connectivity index (χ0) is 16.7. The monoisotopic (exact) mass is 330 g/mol. The third kappa shape index (κ3) is 2.60. The van der Waals surface area contributed by atoms with Gasteiger partial charge < -0.3 is 4.74 Å². The van der Waals surface area contributed by atoms with E-state index in [1.54, 1.807) is 0 Å². The van der Waals surface area contributed by atoms with Crippen molar-refractivity contribution in [3.8, 4) is 0 Å². The third-order valence-electron chi connectivity index (χ3n) is 4.23. The van der Waals surface area contributed by atoms with E-state index in [1.807, 2.05) is 0 Å². The van der Waals surface area contributed by atoms with Gasteiger partial charge in [-0.05, 0) is 24.8 Å². The Balaban J connectivity index is 2.10. The zero-order valence-electron chi connectivity index (χ0n) is 12.0. The summed E-state index contributed by atoms with van der Waals surface area (Å²) < 4.78 is 60.6. The molecule has 1 unspecified atom stereocenters. The van der Waals surface area contributed by atoms with Crippen LogP contribution in [0.5, 0.6) is 0 Å². The highest BCUT2D eigenvalue weighted by atomic mass is 19.4. The van der Waals surface area contributed by atoms with E-state index in [-0.39, 0.29) is 12.5 Å². The van der Waals surface area contributed by atoms with Crippen LogP contribution in [0.25, 0.3) is 0 Å². The van der Waals surface area contributed by atoms with Gasteiger partial charge in [0.15, 0.2) is 0 Å². The molecule has 1 saturated carbocycles. The summed E-state index contributed by atoms with van der Waals surface area (Å²) in [7, 11) is 0. The molecule has 1 aliphatic heterocycles. The number of halogens is 4. The van der Waals surface area contributed by atoms with Crippen molar-refractivity contribution < 1.29 is 27.2 Å². The molecule has 1 aromatic rings. The lowest BCUT2D eigenvalue weighted by molar-refractivity contribution is -0.256. The minimum Gasteiger partial charge on any atom is -0.356 e. The van der Waals surface area contributed by atoms with E-state index in [4.69, 9.17) is 4.74 Å². The number of amides is 2. The molecule has 0 bridgehead atoms. The van der Waals surface area contributed by atoms with Crippen LogP contribution in [0.3, 0.4) is 0 Å². The number of fused-ring (bicyclic) bond motifs is 1. The van der Waals surface area contributed by atoms with E-state index >= 15 is 0 Å². The number of ether oxygens (including phenoxy) is 1. The number of para-hydroxylation sites is 1. The van der Waals surface area contributed by atoms with Crippen LogP contribution in [0.2, 0.25) is 0 Å². The highest BCUT2D eigenvalue weighted by Gasteiger charge is 2.59. The maximum absolute atomic E-state index is 14.0. The van der Waals surface area contributed by atoms with Crippen LogP contribution in [0.1, 0.15) is 24.8 Å². The molecule has 8 heteroatoms. The van der Waals surface area contributed by atoms with Gasteiger partial charge in [-0.2, -0.15) is 13.2 Å². The quantitative estimate of drug-likeness (QED) is 0.617. The van der Waals surface area contributed by atoms with Gasteiger partial charge in [-0.3, -0.25) is 0 Å². The second-order valence-electron chi connectivity index (χ2n) is 5.68. The maximum atomic E-state index is 14.0.